The number of aryl methyl sites for hydroxylation is 2. The average molecular weight is 410 g/mol. The molecule has 0 saturated carbocycles. The molecule has 1 heterocycles. The van der Waals surface area contributed by atoms with Crippen LogP contribution in [0.2, 0.25) is 0 Å². The van der Waals surface area contributed by atoms with Crippen molar-refractivity contribution in [1.82, 2.24) is 21.0 Å². The van der Waals surface area contributed by atoms with Crippen molar-refractivity contribution in [2.24, 2.45) is 0 Å². The van der Waals surface area contributed by atoms with Crippen LogP contribution in [-0.4, -0.2) is 28.1 Å². The summed E-state index contributed by atoms with van der Waals surface area (Å²) in [5.41, 5.74) is 4.80. The van der Waals surface area contributed by atoms with Gasteiger partial charge in [-0.05, 0) is 42.7 Å². The number of ether oxygens (including phenoxy) is 1. The van der Waals surface area contributed by atoms with E-state index in [1.54, 1.807) is 6.92 Å². The smallest absolute Gasteiger partial charge is 0.279 e. The van der Waals surface area contributed by atoms with Crippen LogP contribution in [-0.2, 0) is 22.4 Å². The number of rotatable bonds is 9. The van der Waals surface area contributed by atoms with Crippen LogP contribution in [0.15, 0.2) is 47.0 Å². The van der Waals surface area contributed by atoms with E-state index in [0.29, 0.717) is 30.3 Å². The first-order chi connectivity index (χ1) is 14.5. The molecule has 0 aliphatic heterocycles. The fraction of sp³-hybridized carbons (Fsp3) is 0.364. The normalized spacial score (nSPS) is 11.8. The van der Waals surface area contributed by atoms with Crippen LogP contribution in [0.3, 0.4) is 0 Å². The summed E-state index contributed by atoms with van der Waals surface area (Å²) in [6.07, 6.45) is 2.24. The van der Waals surface area contributed by atoms with E-state index in [1.165, 1.54) is 0 Å². The SMILES string of the molecule is CCCc1noc(CCCC(=O)NNC(=O)C(C)Oc2ccc3ccccc3c2)n1. The van der Waals surface area contributed by atoms with Gasteiger partial charge in [0.2, 0.25) is 11.8 Å². The Balaban J connectivity index is 1.38. The zero-order valence-corrected chi connectivity index (χ0v) is 17.2. The predicted octanol–water partition coefficient (Wildman–Crippen LogP) is 3.11. The molecule has 158 valence electrons. The van der Waals surface area contributed by atoms with Crippen LogP contribution in [0.25, 0.3) is 10.8 Å². The van der Waals surface area contributed by atoms with Crippen LogP contribution in [0.1, 0.15) is 44.8 Å². The molecule has 1 aromatic heterocycles. The van der Waals surface area contributed by atoms with E-state index in [9.17, 15) is 9.59 Å². The molecular formula is C22H26N4O4. The van der Waals surface area contributed by atoms with Gasteiger partial charge < -0.3 is 9.26 Å². The van der Waals surface area contributed by atoms with Crippen LogP contribution >= 0.6 is 0 Å². The Hall–Kier alpha value is -3.42. The molecule has 1 atom stereocenters. The van der Waals surface area contributed by atoms with E-state index in [1.807, 2.05) is 49.4 Å². The van der Waals surface area contributed by atoms with Crippen molar-refractivity contribution in [2.75, 3.05) is 0 Å². The van der Waals surface area contributed by atoms with Crippen LogP contribution in [0.5, 0.6) is 5.75 Å². The van der Waals surface area contributed by atoms with E-state index >= 15 is 0 Å². The van der Waals surface area contributed by atoms with Crippen molar-refractivity contribution in [3.05, 3.63) is 54.2 Å². The summed E-state index contributed by atoms with van der Waals surface area (Å²) in [5.74, 6) is 1.06. The zero-order valence-electron chi connectivity index (χ0n) is 17.2. The van der Waals surface area contributed by atoms with Gasteiger partial charge in [0.15, 0.2) is 11.9 Å². The zero-order chi connectivity index (χ0) is 21.3. The molecule has 2 N–H and O–H groups in total. The number of benzene rings is 2. The maximum absolute atomic E-state index is 12.2. The molecule has 2 aromatic carbocycles. The number of hydrogen-bond acceptors (Lipinski definition) is 6. The summed E-state index contributed by atoms with van der Waals surface area (Å²) >= 11 is 0. The second kappa shape index (κ2) is 10.4. The third-order valence-electron chi connectivity index (χ3n) is 4.51. The van der Waals surface area contributed by atoms with E-state index in [4.69, 9.17) is 9.26 Å². The second-order valence-electron chi connectivity index (χ2n) is 7.01. The van der Waals surface area contributed by atoms with Crippen molar-refractivity contribution < 1.29 is 18.8 Å². The summed E-state index contributed by atoms with van der Waals surface area (Å²) in [4.78, 5) is 28.4. The highest BCUT2D eigenvalue weighted by Crippen LogP contribution is 2.21. The number of nitrogens with one attached hydrogen (secondary N) is 2. The van der Waals surface area contributed by atoms with Gasteiger partial charge in [0, 0.05) is 19.3 Å². The molecule has 3 aromatic rings. The molecule has 0 spiro atoms. The van der Waals surface area contributed by atoms with Crippen LogP contribution in [0.4, 0.5) is 0 Å². The van der Waals surface area contributed by atoms with E-state index in [2.05, 4.69) is 21.0 Å². The summed E-state index contributed by atoms with van der Waals surface area (Å²) in [6.45, 7) is 3.67. The van der Waals surface area contributed by atoms with Gasteiger partial charge in [-0.2, -0.15) is 4.98 Å². The van der Waals surface area contributed by atoms with Crippen molar-refractivity contribution >= 4 is 22.6 Å². The summed E-state index contributed by atoms with van der Waals surface area (Å²) in [7, 11) is 0. The fourth-order valence-electron chi connectivity index (χ4n) is 2.91. The van der Waals surface area contributed by atoms with Crippen LogP contribution < -0.4 is 15.6 Å². The predicted molar refractivity (Wildman–Crippen MR) is 112 cm³/mol. The molecule has 3 rings (SSSR count). The minimum atomic E-state index is -0.762. The first-order valence-electron chi connectivity index (χ1n) is 10.1. The number of aromatic nitrogens is 2. The second-order valence-corrected chi connectivity index (χ2v) is 7.01. The van der Waals surface area contributed by atoms with Gasteiger partial charge in [-0.15, -0.1) is 0 Å². The van der Waals surface area contributed by atoms with Crippen molar-refractivity contribution in [1.29, 1.82) is 0 Å². The molecule has 0 radical (unpaired) electrons. The maximum Gasteiger partial charge on any atom is 0.279 e. The molecule has 30 heavy (non-hydrogen) atoms. The highest BCUT2D eigenvalue weighted by molar-refractivity contribution is 5.85. The molecule has 8 nitrogen and oxygen atoms in total. The van der Waals surface area contributed by atoms with Crippen LogP contribution in [0, 0.1) is 0 Å². The van der Waals surface area contributed by atoms with Gasteiger partial charge in [-0.1, -0.05) is 42.4 Å². The number of amides is 2. The quantitative estimate of drug-likeness (QED) is 0.525. The number of hydrogen-bond donors (Lipinski definition) is 2. The average Bonchev–Trinajstić information content (AvgIpc) is 3.19. The molecule has 0 aliphatic rings. The molecule has 8 heteroatoms. The minimum absolute atomic E-state index is 0.228. The number of carbonyl (C=O) groups excluding carboxylic acids is 2. The molecule has 2 amide bonds. The third kappa shape index (κ3) is 6.04. The van der Waals surface area contributed by atoms with E-state index in [-0.39, 0.29) is 12.3 Å². The van der Waals surface area contributed by atoms with Gasteiger partial charge in [-0.3, -0.25) is 20.4 Å². The van der Waals surface area contributed by atoms with E-state index in [0.717, 1.165) is 23.6 Å². The molecule has 0 fully saturated rings. The first kappa shape index (κ1) is 21.3. The Labute approximate surface area is 175 Å². The lowest BCUT2D eigenvalue weighted by molar-refractivity contribution is -0.132. The van der Waals surface area contributed by atoms with Crippen molar-refractivity contribution in [3.63, 3.8) is 0 Å². The maximum atomic E-state index is 12.2. The fourth-order valence-corrected chi connectivity index (χ4v) is 2.91. The van der Waals surface area contributed by atoms with Gasteiger partial charge in [0.1, 0.15) is 5.75 Å². The molecule has 0 bridgehead atoms. The third-order valence-corrected chi connectivity index (χ3v) is 4.51. The monoisotopic (exact) mass is 410 g/mol. The molecule has 0 aliphatic carbocycles. The summed E-state index contributed by atoms with van der Waals surface area (Å²) < 4.78 is 10.8. The molecule has 1 unspecified atom stereocenters. The van der Waals surface area contributed by atoms with Crippen molar-refractivity contribution in [3.8, 4) is 5.75 Å². The number of hydrazine groups is 1. The van der Waals surface area contributed by atoms with Crippen molar-refractivity contribution in [2.45, 2.75) is 52.1 Å². The molecule has 0 saturated heterocycles. The Morgan fingerprint density at radius 1 is 1.10 bits per heavy atom. The van der Waals surface area contributed by atoms with Gasteiger partial charge in [0.05, 0.1) is 0 Å². The first-order valence-corrected chi connectivity index (χ1v) is 10.1. The number of fused-ring (bicyclic) bond motifs is 1. The Morgan fingerprint density at radius 3 is 2.70 bits per heavy atom. The Bertz CT molecular complexity index is 1000. The number of nitrogens with zero attached hydrogens (tertiary/aromatic N) is 2. The number of carbonyl (C=O) groups is 2. The van der Waals surface area contributed by atoms with E-state index < -0.39 is 12.0 Å². The van der Waals surface area contributed by atoms with Gasteiger partial charge in [0.25, 0.3) is 5.91 Å². The lowest BCUT2D eigenvalue weighted by Crippen LogP contribution is -2.47. The highest BCUT2D eigenvalue weighted by atomic mass is 16.5. The Morgan fingerprint density at radius 2 is 1.90 bits per heavy atom. The lowest BCUT2D eigenvalue weighted by atomic mass is 10.1. The standard InChI is InChI=1S/C22H26N4O4/c1-3-7-19-23-21(30-26-19)11-6-10-20(27)24-25-22(28)15(2)29-18-13-12-16-8-4-5-9-17(16)14-18/h4-5,8-9,12-15H,3,6-7,10-11H2,1-2H3,(H,24,27)(H,25,28). The Kier molecular flexibility index (Phi) is 7.37. The summed E-state index contributed by atoms with van der Waals surface area (Å²) in [5, 5.41) is 6.00. The molecular weight excluding hydrogens is 384 g/mol. The lowest BCUT2D eigenvalue weighted by Gasteiger charge is -2.15. The van der Waals surface area contributed by atoms with Gasteiger partial charge >= 0.3 is 0 Å². The van der Waals surface area contributed by atoms with Gasteiger partial charge in [-0.25, -0.2) is 0 Å². The topological polar surface area (TPSA) is 106 Å². The largest absolute Gasteiger partial charge is 0.481 e. The highest BCUT2D eigenvalue weighted by Gasteiger charge is 2.16. The summed E-state index contributed by atoms with van der Waals surface area (Å²) in [6, 6.07) is 13.5. The minimum Gasteiger partial charge on any atom is -0.481 e.